The molecule has 2 atom stereocenters. The van der Waals surface area contributed by atoms with Gasteiger partial charge in [-0.05, 0) is 55.0 Å². The lowest BCUT2D eigenvalue weighted by Crippen LogP contribution is -2.56. The number of alkyl halides is 3. The molecule has 2 aliphatic rings. The normalized spacial score (nSPS) is 20.1. The van der Waals surface area contributed by atoms with E-state index >= 15 is 0 Å². The van der Waals surface area contributed by atoms with Gasteiger partial charge < -0.3 is 15.3 Å². The Kier molecular flexibility index (Phi) is 8.92. The number of benzene rings is 2. The molecule has 2 amide bonds. The Balaban J connectivity index is 1.42. The molecule has 11 heteroatoms. The highest BCUT2D eigenvalue weighted by molar-refractivity contribution is 5.94. The topological polar surface area (TPSA) is 90.0 Å². The van der Waals surface area contributed by atoms with Crippen LogP contribution in [0.4, 0.5) is 17.6 Å². The molecule has 0 spiro atoms. The number of nitrogens with zero attached hydrogens (tertiary/aromatic N) is 2. The molecule has 2 fully saturated rings. The molecule has 214 valence electrons. The Bertz CT molecular complexity index is 1280. The van der Waals surface area contributed by atoms with Crippen molar-refractivity contribution in [2.45, 2.75) is 50.4 Å². The molecular weight excluding hydrogens is 530 g/mol. The zero-order valence-corrected chi connectivity index (χ0v) is 22.0. The molecule has 0 radical (unpaired) electrons. The Hall–Kier alpha value is -3.73. The minimum atomic E-state index is -4.68. The van der Waals surface area contributed by atoms with Crippen molar-refractivity contribution in [3.63, 3.8) is 0 Å². The van der Waals surface area contributed by atoms with Gasteiger partial charge in [0.05, 0.1) is 24.6 Å². The summed E-state index contributed by atoms with van der Waals surface area (Å²) in [6.07, 6.45) is -0.381. The van der Waals surface area contributed by atoms with Gasteiger partial charge in [0.15, 0.2) is 0 Å². The van der Waals surface area contributed by atoms with E-state index in [1.54, 1.807) is 4.90 Å². The van der Waals surface area contributed by atoms with Gasteiger partial charge in [0.2, 0.25) is 11.8 Å². The quantitative estimate of drug-likeness (QED) is 0.345. The van der Waals surface area contributed by atoms with Gasteiger partial charge >= 0.3 is 12.1 Å². The van der Waals surface area contributed by atoms with E-state index in [0.29, 0.717) is 31.6 Å². The minimum absolute atomic E-state index is 0.0203. The minimum Gasteiger partial charge on any atom is -0.481 e. The van der Waals surface area contributed by atoms with Gasteiger partial charge in [-0.1, -0.05) is 30.3 Å². The summed E-state index contributed by atoms with van der Waals surface area (Å²) in [7, 11) is 0. The maximum atomic E-state index is 14.1. The molecule has 2 N–H and O–H groups in total. The molecule has 2 aromatic rings. The lowest BCUT2D eigenvalue weighted by atomic mass is 9.97. The van der Waals surface area contributed by atoms with Crippen molar-refractivity contribution < 1.29 is 37.1 Å². The highest BCUT2D eigenvalue weighted by Crippen LogP contribution is 2.40. The van der Waals surface area contributed by atoms with E-state index in [9.17, 15) is 31.9 Å². The second-order valence-electron chi connectivity index (χ2n) is 10.3. The monoisotopic (exact) mass is 561 g/mol. The Labute approximate surface area is 229 Å². The van der Waals surface area contributed by atoms with Gasteiger partial charge in [-0.2, -0.15) is 13.2 Å². The number of carbonyl (C=O) groups is 3. The van der Waals surface area contributed by atoms with Crippen LogP contribution in [0.25, 0.3) is 6.08 Å². The molecule has 40 heavy (non-hydrogen) atoms. The number of hydrogen-bond donors (Lipinski definition) is 2. The summed E-state index contributed by atoms with van der Waals surface area (Å²) in [5, 5.41) is 11.6. The fraction of sp³-hybridized carbons (Fsp3) is 0.414. The zero-order valence-electron chi connectivity index (χ0n) is 22.0. The number of aliphatic carboxylic acids is 1. The molecule has 4 rings (SSSR count). The van der Waals surface area contributed by atoms with E-state index in [1.807, 2.05) is 24.0 Å². The molecule has 1 aliphatic carbocycles. The molecular formula is C29H31F4N3O4. The SMILES string of the molecule is C[C@@H]1CN(C(=O)CNC(=O)/C=C/c2ccc(C(F)(F)F)cc2F)[C@@H](c2ccc(C3CC3)cc2)CN1CCC(=O)O. The maximum absolute atomic E-state index is 14.1. The van der Waals surface area contributed by atoms with Crippen LogP contribution in [0.1, 0.15) is 60.4 Å². The third-order valence-corrected chi connectivity index (χ3v) is 7.33. The number of piperazine rings is 1. The predicted octanol–water partition coefficient (Wildman–Crippen LogP) is 4.60. The van der Waals surface area contributed by atoms with E-state index in [0.717, 1.165) is 42.7 Å². The average molecular weight is 562 g/mol. The van der Waals surface area contributed by atoms with E-state index in [4.69, 9.17) is 5.11 Å². The van der Waals surface area contributed by atoms with Gasteiger partial charge in [-0.25, -0.2) is 4.39 Å². The fourth-order valence-electron chi connectivity index (χ4n) is 4.87. The zero-order chi connectivity index (χ0) is 29.0. The van der Waals surface area contributed by atoms with Crippen molar-refractivity contribution in [1.29, 1.82) is 0 Å². The number of carbonyl (C=O) groups excluding carboxylic acids is 2. The molecule has 0 unspecified atom stereocenters. The van der Waals surface area contributed by atoms with E-state index in [2.05, 4.69) is 17.4 Å². The number of rotatable bonds is 9. The Morgan fingerprint density at radius 3 is 2.33 bits per heavy atom. The van der Waals surface area contributed by atoms with Crippen LogP contribution >= 0.6 is 0 Å². The van der Waals surface area contributed by atoms with E-state index in [1.165, 1.54) is 5.56 Å². The lowest BCUT2D eigenvalue weighted by molar-refractivity contribution is -0.141. The van der Waals surface area contributed by atoms with Crippen molar-refractivity contribution in [2.75, 3.05) is 26.2 Å². The first-order chi connectivity index (χ1) is 18.9. The first kappa shape index (κ1) is 29.3. The highest BCUT2D eigenvalue weighted by atomic mass is 19.4. The molecule has 0 bridgehead atoms. The van der Waals surface area contributed by atoms with Crippen molar-refractivity contribution in [3.8, 4) is 0 Å². The summed E-state index contributed by atoms with van der Waals surface area (Å²) in [5.74, 6) is -2.50. The van der Waals surface area contributed by atoms with Gasteiger partial charge in [0.25, 0.3) is 0 Å². The van der Waals surface area contributed by atoms with Gasteiger partial charge in [-0.15, -0.1) is 0 Å². The molecule has 0 aromatic heterocycles. The van der Waals surface area contributed by atoms with Crippen molar-refractivity contribution in [3.05, 3.63) is 76.6 Å². The predicted molar refractivity (Wildman–Crippen MR) is 140 cm³/mol. The van der Waals surface area contributed by atoms with Crippen LogP contribution in [-0.2, 0) is 20.6 Å². The third-order valence-electron chi connectivity index (χ3n) is 7.33. The number of hydrogen-bond acceptors (Lipinski definition) is 4. The summed E-state index contributed by atoms with van der Waals surface area (Å²) in [5.41, 5.74) is 0.827. The summed E-state index contributed by atoms with van der Waals surface area (Å²) in [6.45, 7) is 2.68. The standard InChI is InChI=1S/C29H31F4N3O4/c1-18-16-36(25(17-35(18)13-12-28(39)40)22-6-4-20(5-7-22)19-2-3-19)27(38)15-34-26(37)11-9-21-8-10-23(14-24(21)30)29(31,32)33/h4-11,14,18-19,25H,2-3,12-13,15-17H2,1H3,(H,34,37)(H,39,40)/b11-9+/t18-,25-/m1/s1. The summed E-state index contributed by atoms with van der Waals surface area (Å²) >= 11 is 0. The van der Waals surface area contributed by atoms with Crippen molar-refractivity contribution >= 4 is 23.9 Å². The van der Waals surface area contributed by atoms with Crippen LogP contribution in [0.3, 0.4) is 0 Å². The number of halogens is 4. The van der Waals surface area contributed by atoms with Crippen LogP contribution in [0.5, 0.6) is 0 Å². The fourth-order valence-corrected chi connectivity index (χ4v) is 4.87. The van der Waals surface area contributed by atoms with Crippen LogP contribution in [0.15, 0.2) is 48.5 Å². The van der Waals surface area contributed by atoms with Crippen molar-refractivity contribution in [2.24, 2.45) is 0 Å². The molecule has 1 saturated heterocycles. The van der Waals surface area contributed by atoms with Gasteiger partial charge in [0.1, 0.15) is 5.82 Å². The van der Waals surface area contributed by atoms with Crippen LogP contribution in [0.2, 0.25) is 0 Å². The van der Waals surface area contributed by atoms with Gasteiger partial charge in [0, 0.05) is 37.3 Å². The first-order valence-corrected chi connectivity index (χ1v) is 13.1. The molecule has 1 aliphatic heterocycles. The van der Waals surface area contributed by atoms with Crippen LogP contribution < -0.4 is 5.32 Å². The van der Waals surface area contributed by atoms with E-state index in [-0.39, 0.29) is 36.5 Å². The molecule has 1 saturated carbocycles. The molecule has 2 aromatic carbocycles. The number of nitrogens with one attached hydrogen (secondary N) is 1. The van der Waals surface area contributed by atoms with Gasteiger partial charge in [-0.3, -0.25) is 19.3 Å². The summed E-state index contributed by atoms with van der Waals surface area (Å²) < 4.78 is 52.3. The average Bonchev–Trinajstić information content (AvgIpc) is 3.75. The van der Waals surface area contributed by atoms with E-state index < -0.39 is 29.4 Å². The first-order valence-electron chi connectivity index (χ1n) is 13.1. The maximum Gasteiger partial charge on any atom is 0.416 e. The van der Waals surface area contributed by atoms with Crippen molar-refractivity contribution in [1.82, 2.24) is 15.1 Å². The second kappa shape index (κ2) is 12.2. The summed E-state index contributed by atoms with van der Waals surface area (Å²) in [6, 6.07) is 9.65. The molecule has 7 nitrogen and oxygen atoms in total. The largest absolute Gasteiger partial charge is 0.481 e. The number of amides is 2. The summed E-state index contributed by atoms with van der Waals surface area (Å²) in [4.78, 5) is 40.4. The third kappa shape index (κ3) is 7.47. The Morgan fingerprint density at radius 2 is 1.73 bits per heavy atom. The number of carboxylic acids is 1. The Morgan fingerprint density at radius 1 is 1.05 bits per heavy atom. The number of carboxylic acid groups (broad SMARTS) is 1. The highest BCUT2D eigenvalue weighted by Gasteiger charge is 2.36. The lowest BCUT2D eigenvalue weighted by Gasteiger charge is -2.45. The van der Waals surface area contributed by atoms with Crippen LogP contribution in [-0.4, -0.2) is 64.9 Å². The smallest absolute Gasteiger partial charge is 0.416 e. The second-order valence-corrected chi connectivity index (χ2v) is 10.3. The molecule has 1 heterocycles. The van der Waals surface area contributed by atoms with Crippen LogP contribution in [0, 0.1) is 5.82 Å².